The average molecular weight is 276 g/mol. The van der Waals surface area contributed by atoms with Gasteiger partial charge >= 0.3 is 19.5 Å². The molecule has 0 spiro atoms. The molecule has 1 fully saturated rings. The van der Waals surface area contributed by atoms with Gasteiger partial charge in [0.1, 0.15) is 0 Å². The van der Waals surface area contributed by atoms with Crippen molar-refractivity contribution in [1.82, 2.24) is 0 Å². The van der Waals surface area contributed by atoms with Gasteiger partial charge in [0, 0.05) is 0 Å². The van der Waals surface area contributed by atoms with E-state index in [0.717, 1.165) is 13.1 Å². The molecule has 1 rings (SSSR count). The van der Waals surface area contributed by atoms with Gasteiger partial charge in [0.05, 0.1) is 0 Å². The summed E-state index contributed by atoms with van der Waals surface area (Å²) in [4.78, 5) is 0. The summed E-state index contributed by atoms with van der Waals surface area (Å²) < 4.78 is 0. The minimum absolute atomic E-state index is 0. The van der Waals surface area contributed by atoms with Crippen LogP contribution in [0.2, 0.25) is 0 Å². The first-order valence-electron chi connectivity index (χ1n) is 2.63. The topological polar surface area (TPSA) is 14.1 Å². The summed E-state index contributed by atoms with van der Waals surface area (Å²) in [7, 11) is 0. The van der Waals surface area contributed by atoms with Crippen LogP contribution in [0.5, 0.6) is 0 Å². The SMILES string of the molecule is C1CC[N-]CC1.[I-].[Zn+2]. The Balaban J connectivity index is 0. The van der Waals surface area contributed by atoms with Crippen molar-refractivity contribution in [3.05, 3.63) is 5.32 Å². The van der Waals surface area contributed by atoms with Gasteiger partial charge in [-0.2, -0.15) is 0 Å². The van der Waals surface area contributed by atoms with Crippen LogP contribution in [0.3, 0.4) is 0 Å². The molecule has 1 aliphatic rings. The van der Waals surface area contributed by atoms with Crippen molar-refractivity contribution in [3.8, 4) is 0 Å². The molecule has 0 atom stereocenters. The standard InChI is InChI=1S/C5H10N.HI.Zn/c1-2-4-6-5-3-1;;/h1-5H2;1H;/q-1;;+2/p-1. The molecule has 0 aromatic rings. The van der Waals surface area contributed by atoms with Crippen LogP contribution in [-0.2, 0) is 19.5 Å². The summed E-state index contributed by atoms with van der Waals surface area (Å²) in [5.74, 6) is 0. The molecule has 0 aliphatic carbocycles. The fraction of sp³-hybridized carbons (Fsp3) is 1.00. The average Bonchev–Trinajstić information content (AvgIpc) is 1.72. The number of rotatable bonds is 0. The molecule has 0 aromatic carbocycles. The summed E-state index contributed by atoms with van der Waals surface area (Å²) in [5.41, 5.74) is 0. The minimum Gasteiger partial charge on any atom is -1.00 e. The maximum atomic E-state index is 4.18. The Hall–Kier alpha value is 1.31. The maximum absolute atomic E-state index is 4.18. The van der Waals surface area contributed by atoms with E-state index in [2.05, 4.69) is 5.32 Å². The Morgan fingerprint density at radius 3 is 1.50 bits per heavy atom. The molecule has 0 unspecified atom stereocenters. The van der Waals surface area contributed by atoms with E-state index < -0.39 is 0 Å². The predicted octanol–water partition coefficient (Wildman–Crippen LogP) is -1.45. The predicted molar refractivity (Wildman–Crippen MR) is 26.9 cm³/mol. The van der Waals surface area contributed by atoms with Crippen LogP contribution in [0.25, 0.3) is 5.32 Å². The van der Waals surface area contributed by atoms with Crippen LogP contribution in [-0.4, -0.2) is 13.1 Å². The summed E-state index contributed by atoms with van der Waals surface area (Å²) in [6.45, 7) is 2.25. The van der Waals surface area contributed by atoms with Crippen molar-refractivity contribution in [1.29, 1.82) is 0 Å². The minimum atomic E-state index is 0. The van der Waals surface area contributed by atoms with E-state index in [4.69, 9.17) is 0 Å². The van der Waals surface area contributed by atoms with Crippen molar-refractivity contribution in [2.75, 3.05) is 13.1 Å². The first-order valence-corrected chi connectivity index (χ1v) is 2.63. The second-order valence-electron chi connectivity index (χ2n) is 1.73. The number of hydrogen-bond donors (Lipinski definition) is 0. The smallest absolute Gasteiger partial charge is 1.00 e. The Labute approximate surface area is 80.8 Å². The fourth-order valence-electron chi connectivity index (χ4n) is 0.736. The molecular formula is C5H10INZn. The molecule has 0 aromatic heterocycles. The van der Waals surface area contributed by atoms with E-state index in [0.29, 0.717) is 0 Å². The monoisotopic (exact) mass is 275 g/mol. The van der Waals surface area contributed by atoms with Gasteiger partial charge in [-0.25, -0.2) is 0 Å². The number of piperidine rings is 1. The third-order valence-corrected chi connectivity index (χ3v) is 1.13. The molecule has 1 aliphatic heterocycles. The molecule has 0 bridgehead atoms. The Kier molecular flexibility index (Phi) is 12.5. The maximum Gasteiger partial charge on any atom is 2.00 e. The number of hydrogen-bond acceptors (Lipinski definition) is 0. The summed E-state index contributed by atoms with van der Waals surface area (Å²) in [6, 6.07) is 0. The molecule has 3 heteroatoms. The zero-order valence-electron chi connectivity index (χ0n) is 5.07. The molecule has 1 saturated heterocycles. The molecular weight excluding hydrogens is 266 g/mol. The van der Waals surface area contributed by atoms with Crippen molar-refractivity contribution >= 4 is 0 Å². The summed E-state index contributed by atoms with van der Waals surface area (Å²) in [6.07, 6.45) is 4.07. The van der Waals surface area contributed by atoms with E-state index in [1.165, 1.54) is 19.3 Å². The first-order chi connectivity index (χ1) is 3.00. The van der Waals surface area contributed by atoms with Crippen molar-refractivity contribution in [2.45, 2.75) is 19.3 Å². The van der Waals surface area contributed by atoms with Gasteiger partial charge in [-0.05, 0) is 0 Å². The van der Waals surface area contributed by atoms with Crippen LogP contribution in [0, 0.1) is 0 Å². The quantitative estimate of drug-likeness (QED) is 0.379. The fourth-order valence-corrected chi connectivity index (χ4v) is 0.736. The molecule has 44 valence electrons. The van der Waals surface area contributed by atoms with Gasteiger partial charge < -0.3 is 29.3 Å². The van der Waals surface area contributed by atoms with E-state index >= 15 is 0 Å². The molecule has 0 saturated carbocycles. The second-order valence-corrected chi connectivity index (χ2v) is 1.73. The van der Waals surface area contributed by atoms with Crippen LogP contribution in [0.1, 0.15) is 19.3 Å². The van der Waals surface area contributed by atoms with Crippen LogP contribution in [0.4, 0.5) is 0 Å². The van der Waals surface area contributed by atoms with Gasteiger partial charge in [0.2, 0.25) is 0 Å². The summed E-state index contributed by atoms with van der Waals surface area (Å²) in [5, 5.41) is 4.18. The molecule has 1 nitrogen and oxygen atoms in total. The molecule has 0 amide bonds. The van der Waals surface area contributed by atoms with Crippen LogP contribution < -0.4 is 24.0 Å². The zero-order chi connectivity index (χ0) is 4.24. The van der Waals surface area contributed by atoms with E-state index in [1.807, 2.05) is 0 Å². The number of halogens is 1. The summed E-state index contributed by atoms with van der Waals surface area (Å²) >= 11 is 0. The van der Waals surface area contributed by atoms with Gasteiger partial charge in [-0.15, -0.1) is 13.1 Å². The Bertz CT molecular complexity index is 27.9. The van der Waals surface area contributed by atoms with Crippen molar-refractivity contribution < 1.29 is 43.5 Å². The third-order valence-electron chi connectivity index (χ3n) is 1.13. The van der Waals surface area contributed by atoms with Gasteiger partial charge in [-0.1, -0.05) is 19.3 Å². The van der Waals surface area contributed by atoms with Crippen molar-refractivity contribution in [2.24, 2.45) is 0 Å². The van der Waals surface area contributed by atoms with E-state index in [9.17, 15) is 0 Å². The normalized spacial score (nSPS) is 18.0. The van der Waals surface area contributed by atoms with Crippen LogP contribution in [0.15, 0.2) is 0 Å². The number of nitrogens with zero attached hydrogens (tertiary/aromatic N) is 1. The Morgan fingerprint density at radius 1 is 0.875 bits per heavy atom. The van der Waals surface area contributed by atoms with Gasteiger partial charge in [0.25, 0.3) is 0 Å². The molecule has 0 N–H and O–H groups in total. The largest absolute Gasteiger partial charge is 2.00 e. The van der Waals surface area contributed by atoms with Gasteiger partial charge in [-0.3, -0.25) is 0 Å². The Morgan fingerprint density at radius 2 is 1.38 bits per heavy atom. The molecule has 0 radical (unpaired) electrons. The van der Waals surface area contributed by atoms with E-state index in [1.54, 1.807) is 0 Å². The van der Waals surface area contributed by atoms with Gasteiger partial charge in [0.15, 0.2) is 0 Å². The zero-order valence-corrected chi connectivity index (χ0v) is 10.2. The first kappa shape index (κ1) is 12.0. The molecule has 8 heavy (non-hydrogen) atoms. The molecule has 1 heterocycles. The van der Waals surface area contributed by atoms with Crippen LogP contribution >= 0.6 is 0 Å². The second kappa shape index (κ2) is 8.31. The third kappa shape index (κ3) is 5.45. The van der Waals surface area contributed by atoms with E-state index in [-0.39, 0.29) is 43.5 Å². The van der Waals surface area contributed by atoms with Crippen molar-refractivity contribution in [3.63, 3.8) is 0 Å².